The van der Waals surface area contributed by atoms with Crippen LogP contribution in [-0.4, -0.2) is 9.97 Å². The van der Waals surface area contributed by atoms with Crippen molar-refractivity contribution >= 4 is 0 Å². The molecular formula is C40H60N2. The lowest BCUT2D eigenvalue weighted by Crippen LogP contribution is -2.11. The zero-order chi connectivity index (χ0) is 32.3. The van der Waals surface area contributed by atoms with Crippen molar-refractivity contribution in [2.24, 2.45) is 11.3 Å². The minimum absolute atomic E-state index is 0.0904. The van der Waals surface area contributed by atoms with Crippen LogP contribution in [0.15, 0.2) is 79.0 Å². The Morgan fingerprint density at radius 2 is 1.36 bits per heavy atom. The van der Waals surface area contributed by atoms with Crippen LogP contribution in [0.1, 0.15) is 120 Å². The second kappa shape index (κ2) is 16.0. The van der Waals surface area contributed by atoms with E-state index in [1.807, 2.05) is 13.1 Å². The van der Waals surface area contributed by atoms with Crippen LogP contribution in [0.4, 0.5) is 0 Å². The normalized spacial score (nSPS) is 12.6. The molecule has 42 heavy (non-hydrogen) atoms. The molecule has 2 nitrogen and oxygen atoms in total. The maximum atomic E-state index is 4.75. The molecular weight excluding hydrogens is 508 g/mol. The Balaban J connectivity index is 0.000000485. The zero-order valence-electron chi connectivity index (χ0n) is 29.4. The van der Waals surface area contributed by atoms with E-state index in [0.717, 1.165) is 23.5 Å². The fourth-order valence-corrected chi connectivity index (χ4v) is 3.99. The number of rotatable bonds is 5. The Bertz CT molecular complexity index is 1270. The van der Waals surface area contributed by atoms with Gasteiger partial charge in [0.05, 0.1) is 11.4 Å². The van der Waals surface area contributed by atoms with Gasteiger partial charge in [0.15, 0.2) is 0 Å². The van der Waals surface area contributed by atoms with E-state index in [9.17, 15) is 0 Å². The fourth-order valence-electron chi connectivity index (χ4n) is 3.99. The van der Waals surface area contributed by atoms with E-state index in [-0.39, 0.29) is 10.8 Å². The van der Waals surface area contributed by atoms with Crippen LogP contribution in [0.2, 0.25) is 0 Å². The van der Waals surface area contributed by atoms with Crippen LogP contribution in [0.25, 0.3) is 22.5 Å². The van der Waals surface area contributed by atoms with Crippen molar-refractivity contribution in [2.45, 2.75) is 121 Å². The minimum Gasteiger partial charge on any atom is -0.255 e. The van der Waals surface area contributed by atoms with Gasteiger partial charge in [-0.1, -0.05) is 132 Å². The Morgan fingerprint density at radius 3 is 1.76 bits per heavy atom. The molecule has 0 saturated heterocycles. The van der Waals surface area contributed by atoms with Gasteiger partial charge in [0.2, 0.25) is 0 Å². The summed E-state index contributed by atoms with van der Waals surface area (Å²) in [6.45, 7) is 34.5. The average Bonchev–Trinajstić information content (AvgIpc) is 2.90. The topological polar surface area (TPSA) is 25.8 Å². The van der Waals surface area contributed by atoms with Crippen LogP contribution in [0.3, 0.4) is 0 Å². The summed E-state index contributed by atoms with van der Waals surface area (Å²) in [5.41, 5.74) is 9.78. The highest BCUT2D eigenvalue weighted by atomic mass is 14.8. The lowest BCUT2D eigenvalue weighted by Gasteiger charge is -2.20. The monoisotopic (exact) mass is 568 g/mol. The van der Waals surface area contributed by atoms with Crippen molar-refractivity contribution in [1.82, 2.24) is 9.97 Å². The smallest absolute Gasteiger partial charge is 0.0895 e. The fraction of sp³-hybridized carbons (Fsp3) is 0.500. The summed E-state index contributed by atoms with van der Waals surface area (Å²) >= 11 is 0. The molecule has 0 amide bonds. The molecule has 0 fully saturated rings. The highest BCUT2D eigenvalue weighted by molar-refractivity contribution is 5.70. The summed E-state index contributed by atoms with van der Waals surface area (Å²) in [7, 11) is 0. The first kappa shape index (κ1) is 37.0. The number of nitrogens with zero attached hydrogens (tertiary/aromatic N) is 2. The van der Waals surface area contributed by atoms with Crippen molar-refractivity contribution in [3.05, 3.63) is 95.9 Å². The van der Waals surface area contributed by atoms with Crippen LogP contribution >= 0.6 is 0 Å². The predicted molar refractivity (Wildman–Crippen MR) is 188 cm³/mol. The van der Waals surface area contributed by atoms with Gasteiger partial charge in [0.25, 0.3) is 0 Å². The molecule has 1 aromatic carbocycles. The summed E-state index contributed by atoms with van der Waals surface area (Å²) in [4.78, 5) is 9.33. The van der Waals surface area contributed by atoms with Crippen molar-refractivity contribution in [3.8, 4) is 22.5 Å². The molecule has 0 N–H and O–H groups in total. The van der Waals surface area contributed by atoms with E-state index in [1.54, 1.807) is 0 Å². The third-order valence-electron chi connectivity index (χ3n) is 7.23. The number of aromatic nitrogens is 2. The molecule has 230 valence electrons. The van der Waals surface area contributed by atoms with Crippen LogP contribution in [0, 0.1) is 18.3 Å². The van der Waals surface area contributed by atoms with Gasteiger partial charge < -0.3 is 0 Å². The van der Waals surface area contributed by atoms with E-state index in [1.165, 1.54) is 34.2 Å². The zero-order valence-corrected chi connectivity index (χ0v) is 29.4. The first-order valence-corrected chi connectivity index (χ1v) is 15.7. The summed E-state index contributed by atoms with van der Waals surface area (Å²) in [6, 6.07) is 17.4. The van der Waals surface area contributed by atoms with Crippen LogP contribution < -0.4 is 0 Å². The molecule has 2 aromatic heterocycles. The standard InChI is InChI=1S/C25H30N2.C8H16.C7H14/c1-17-14-19(18-8-10-20(11-9-18)24(2,3)4)15-23(27-17)22-16-21(12-13-26-22)25(5,6)7;1-5-6-7-8(2,3)4;1-5-7(4)6(2)3/h8-16H,1-7H3;6-7H,5H2,1-4H3;7H,2,5H2,1,3-4H3/b;7-6+;. The van der Waals surface area contributed by atoms with E-state index in [4.69, 9.17) is 4.98 Å². The maximum Gasteiger partial charge on any atom is 0.0895 e. The van der Waals surface area contributed by atoms with Crippen molar-refractivity contribution < 1.29 is 0 Å². The second-order valence-electron chi connectivity index (χ2n) is 14.7. The molecule has 0 aliphatic rings. The van der Waals surface area contributed by atoms with Gasteiger partial charge in [-0.2, -0.15) is 0 Å². The lowest BCUT2D eigenvalue weighted by atomic mass is 9.86. The van der Waals surface area contributed by atoms with Crippen LogP contribution in [0.5, 0.6) is 0 Å². The number of benzene rings is 1. The molecule has 0 radical (unpaired) electrons. The van der Waals surface area contributed by atoms with Gasteiger partial charge in [0.1, 0.15) is 0 Å². The van der Waals surface area contributed by atoms with Crippen LogP contribution in [-0.2, 0) is 10.8 Å². The molecule has 1 atom stereocenters. The summed E-state index contributed by atoms with van der Waals surface area (Å²) in [5.74, 6) is 0.708. The Hall–Kier alpha value is -3.00. The molecule has 3 aromatic rings. The SMILES string of the molecule is C=C(C)C(C)CC.CC/C=C/C(C)(C)C.Cc1cc(-c2ccc(C(C)(C)C)cc2)cc(-c2cc(C(C)(C)C)ccn2)n1. The predicted octanol–water partition coefficient (Wildman–Crippen LogP) is 12.3. The quantitative estimate of drug-likeness (QED) is 0.286. The number of aryl methyl sites for hydroxylation is 1. The maximum absolute atomic E-state index is 4.75. The van der Waals surface area contributed by atoms with Gasteiger partial charge in [0, 0.05) is 11.9 Å². The van der Waals surface area contributed by atoms with Gasteiger partial charge in [-0.05, 0) is 95.4 Å². The Morgan fingerprint density at radius 1 is 0.786 bits per heavy atom. The van der Waals surface area contributed by atoms with E-state index < -0.39 is 0 Å². The highest BCUT2D eigenvalue weighted by Gasteiger charge is 2.16. The molecule has 1 unspecified atom stereocenters. The number of pyridine rings is 2. The van der Waals surface area contributed by atoms with E-state index >= 15 is 0 Å². The molecule has 2 heterocycles. The summed E-state index contributed by atoms with van der Waals surface area (Å²) in [6.07, 6.45) is 8.71. The van der Waals surface area contributed by atoms with Crippen molar-refractivity contribution in [2.75, 3.05) is 0 Å². The van der Waals surface area contributed by atoms with Crippen molar-refractivity contribution in [1.29, 1.82) is 0 Å². The molecule has 0 spiro atoms. The van der Waals surface area contributed by atoms with Gasteiger partial charge in [-0.3, -0.25) is 9.97 Å². The first-order valence-electron chi connectivity index (χ1n) is 15.7. The van der Waals surface area contributed by atoms with Gasteiger partial charge in [-0.15, -0.1) is 0 Å². The lowest BCUT2D eigenvalue weighted by molar-refractivity contribution is 0.542. The molecule has 2 heteroatoms. The summed E-state index contributed by atoms with van der Waals surface area (Å²) < 4.78 is 0. The highest BCUT2D eigenvalue weighted by Crippen LogP contribution is 2.30. The molecule has 0 bridgehead atoms. The van der Waals surface area contributed by atoms with Gasteiger partial charge >= 0.3 is 0 Å². The number of hydrogen-bond acceptors (Lipinski definition) is 2. The number of hydrogen-bond donors (Lipinski definition) is 0. The summed E-state index contributed by atoms with van der Waals surface area (Å²) in [5, 5.41) is 0. The first-order chi connectivity index (χ1) is 19.3. The van der Waals surface area contributed by atoms with E-state index in [0.29, 0.717) is 11.3 Å². The third-order valence-corrected chi connectivity index (χ3v) is 7.23. The average molecular weight is 569 g/mol. The molecule has 0 aliphatic heterocycles. The molecule has 3 rings (SSSR count). The Kier molecular flexibility index (Phi) is 14.1. The largest absolute Gasteiger partial charge is 0.255 e. The molecule has 0 saturated carbocycles. The van der Waals surface area contributed by atoms with Crippen molar-refractivity contribution in [3.63, 3.8) is 0 Å². The Labute approximate surface area is 259 Å². The minimum atomic E-state index is 0.0904. The third kappa shape index (κ3) is 13.3. The second-order valence-corrected chi connectivity index (χ2v) is 14.7. The van der Waals surface area contributed by atoms with E-state index in [2.05, 4.69) is 162 Å². The number of allylic oxidation sites excluding steroid dienone is 3. The van der Waals surface area contributed by atoms with Gasteiger partial charge in [-0.25, -0.2) is 0 Å². The molecule has 0 aliphatic carbocycles.